The standard InChI is InChI=1S/C20H26N4O8/c1-9-11(17(20(30)31)24-16(9)15(10(2)25)19(24)29)7-22(3)5-4-21-18(28)12-6-13(26)14(27)8-23(12)32/h6,8-10,15-16,25,27,32H,4-5,7H2,1-3H3,(H,21,28)(H,30,31)/t9-,10+,15+,16+/m0/s1. The van der Waals surface area contributed by atoms with Gasteiger partial charge in [0.05, 0.1) is 24.3 Å². The summed E-state index contributed by atoms with van der Waals surface area (Å²) in [5, 5.41) is 41.0. The third kappa shape index (κ3) is 3.94. The Morgan fingerprint density at radius 2 is 1.97 bits per heavy atom. The van der Waals surface area contributed by atoms with E-state index >= 15 is 0 Å². The number of hydrogen-bond donors (Lipinski definition) is 5. The molecule has 12 nitrogen and oxygen atoms in total. The first-order valence-corrected chi connectivity index (χ1v) is 10.0. The lowest BCUT2D eigenvalue weighted by Gasteiger charge is -2.46. The molecule has 0 spiro atoms. The summed E-state index contributed by atoms with van der Waals surface area (Å²) in [6.45, 7) is 4.00. The second-order valence-corrected chi connectivity index (χ2v) is 8.18. The Morgan fingerprint density at radius 1 is 1.31 bits per heavy atom. The number of aliphatic hydroxyl groups is 1. The minimum Gasteiger partial charge on any atom is -0.503 e. The summed E-state index contributed by atoms with van der Waals surface area (Å²) in [6.07, 6.45) is -0.159. The van der Waals surface area contributed by atoms with Gasteiger partial charge >= 0.3 is 5.97 Å². The van der Waals surface area contributed by atoms with Crippen molar-refractivity contribution < 1.29 is 34.9 Å². The average Bonchev–Trinajstić information content (AvgIpc) is 2.93. The van der Waals surface area contributed by atoms with Gasteiger partial charge in [-0.05, 0) is 19.5 Å². The number of hydrogen-bond acceptors (Lipinski definition) is 8. The number of pyridine rings is 1. The van der Waals surface area contributed by atoms with Gasteiger partial charge in [0.2, 0.25) is 11.3 Å². The molecular weight excluding hydrogens is 424 g/mol. The average molecular weight is 450 g/mol. The number of carboxylic acid groups (broad SMARTS) is 1. The van der Waals surface area contributed by atoms with Crippen LogP contribution in [-0.2, 0) is 9.59 Å². The van der Waals surface area contributed by atoms with Crippen LogP contribution < -0.4 is 10.7 Å². The Kier molecular flexibility index (Phi) is 6.28. The van der Waals surface area contributed by atoms with E-state index < -0.39 is 47.0 Å². The van der Waals surface area contributed by atoms with Gasteiger partial charge in [0.25, 0.3) is 5.91 Å². The first-order valence-electron chi connectivity index (χ1n) is 10.0. The fourth-order valence-electron chi connectivity index (χ4n) is 4.36. The van der Waals surface area contributed by atoms with Crippen LogP contribution in [0.25, 0.3) is 0 Å². The Bertz CT molecular complexity index is 1050. The molecule has 0 radical (unpaired) electrons. The number of nitrogens with one attached hydrogen (secondary N) is 1. The highest BCUT2D eigenvalue weighted by atomic mass is 16.5. The molecule has 174 valence electrons. The number of rotatable bonds is 8. The number of β-lactam (4-membered cyclic amide) rings is 1. The summed E-state index contributed by atoms with van der Waals surface area (Å²) in [7, 11) is 1.72. The molecule has 0 saturated carbocycles. The van der Waals surface area contributed by atoms with Gasteiger partial charge in [0, 0.05) is 31.6 Å². The molecule has 12 heteroatoms. The number of fused-ring (bicyclic) bond motifs is 1. The van der Waals surface area contributed by atoms with E-state index in [0.717, 1.165) is 12.3 Å². The Morgan fingerprint density at radius 3 is 2.56 bits per heavy atom. The Hall–Kier alpha value is -3.38. The topological polar surface area (TPSA) is 173 Å². The SMILES string of the molecule is C[C@@H](O)[C@H]1C(=O)N2C(C(=O)O)=C(CN(C)CCNC(=O)c3cc(=O)c(O)cn3O)[C@H](C)[C@H]12. The van der Waals surface area contributed by atoms with Crippen LogP contribution >= 0.6 is 0 Å². The second kappa shape index (κ2) is 8.63. The minimum absolute atomic E-state index is 0.0614. The van der Waals surface area contributed by atoms with E-state index in [4.69, 9.17) is 0 Å². The lowest BCUT2D eigenvalue weighted by atomic mass is 9.77. The molecule has 1 aromatic rings. The monoisotopic (exact) mass is 450 g/mol. The summed E-state index contributed by atoms with van der Waals surface area (Å²) >= 11 is 0. The van der Waals surface area contributed by atoms with Crippen LogP contribution in [0.4, 0.5) is 0 Å². The van der Waals surface area contributed by atoms with Crippen molar-refractivity contribution in [3.8, 4) is 5.75 Å². The van der Waals surface area contributed by atoms with Gasteiger partial charge in [0.1, 0.15) is 11.4 Å². The Balaban J connectivity index is 1.63. The third-order valence-corrected chi connectivity index (χ3v) is 5.98. The number of aromatic hydroxyl groups is 1. The van der Waals surface area contributed by atoms with Gasteiger partial charge in [-0.15, -0.1) is 0 Å². The molecule has 0 bridgehead atoms. The lowest BCUT2D eigenvalue weighted by Crippen LogP contribution is -2.63. The number of carbonyl (C=O) groups excluding carboxylic acids is 2. The number of aliphatic hydroxyl groups excluding tert-OH is 1. The highest BCUT2D eigenvalue weighted by molar-refractivity contribution is 6.00. The van der Waals surface area contributed by atoms with Gasteiger partial charge in [-0.25, -0.2) is 4.79 Å². The molecule has 32 heavy (non-hydrogen) atoms. The fourth-order valence-corrected chi connectivity index (χ4v) is 4.36. The smallest absolute Gasteiger partial charge is 0.352 e. The van der Waals surface area contributed by atoms with Gasteiger partial charge in [0.15, 0.2) is 5.75 Å². The maximum atomic E-state index is 12.4. The molecule has 2 aliphatic rings. The van der Waals surface area contributed by atoms with Crippen LogP contribution in [-0.4, -0.2) is 91.7 Å². The van der Waals surface area contributed by atoms with Crippen LogP contribution in [0.1, 0.15) is 24.3 Å². The number of aromatic nitrogens is 1. The van der Waals surface area contributed by atoms with Crippen molar-refractivity contribution in [1.29, 1.82) is 0 Å². The van der Waals surface area contributed by atoms with Crippen molar-refractivity contribution in [2.24, 2.45) is 11.8 Å². The minimum atomic E-state index is -1.21. The molecule has 3 heterocycles. The van der Waals surface area contributed by atoms with Crippen molar-refractivity contribution in [3.63, 3.8) is 0 Å². The quantitative estimate of drug-likeness (QED) is 0.237. The highest BCUT2D eigenvalue weighted by Crippen LogP contribution is 2.47. The van der Waals surface area contributed by atoms with Crippen LogP contribution in [0.3, 0.4) is 0 Å². The molecule has 1 saturated heterocycles. The lowest BCUT2D eigenvalue weighted by molar-refractivity contribution is -0.163. The van der Waals surface area contributed by atoms with Gasteiger partial charge in [-0.1, -0.05) is 6.92 Å². The first kappa shape index (κ1) is 23.3. The van der Waals surface area contributed by atoms with Gasteiger partial charge in [-0.2, -0.15) is 4.73 Å². The molecule has 1 fully saturated rings. The molecule has 5 N–H and O–H groups in total. The van der Waals surface area contributed by atoms with E-state index in [1.54, 1.807) is 11.9 Å². The predicted octanol–water partition coefficient (Wildman–Crippen LogP) is -1.35. The molecule has 4 atom stereocenters. The second-order valence-electron chi connectivity index (χ2n) is 8.18. The largest absolute Gasteiger partial charge is 0.503 e. The third-order valence-electron chi connectivity index (χ3n) is 5.98. The summed E-state index contributed by atoms with van der Waals surface area (Å²) in [4.78, 5) is 50.9. The number of carboxylic acids is 1. The number of nitrogens with zero attached hydrogens (tertiary/aromatic N) is 3. The summed E-state index contributed by atoms with van der Waals surface area (Å²) in [5.74, 6) is -3.92. The molecule has 0 aliphatic carbocycles. The van der Waals surface area contributed by atoms with Crippen molar-refractivity contribution in [2.75, 3.05) is 26.7 Å². The number of likely N-dealkylation sites (N-methyl/N-ethyl adjacent to an activating group) is 1. The fraction of sp³-hybridized carbons (Fsp3) is 0.500. The van der Waals surface area contributed by atoms with Crippen molar-refractivity contribution >= 4 is 17.8 Å². The zero-order valence-electron chi connectivity index (χ0n) is 17.8. The summed E-state index contributed by atoms with van der Waals surface area (Å²) in [5.41, 5.74) is -0.650. The van der Waals surface area contributed by atoms with Crippen LogP contribution in [0.5, 0.6) is 5.75 Å². The molecule has 3 rings (SSSR count). The van der Waals surface area contributed by atoms with Crippen molar-refractivity contribution in [1.82, 2.24) is 19.8 Å². The van der Waals surface area contributed by atoms with Gasteiger partial charge < -0.3 is 35.6 Å². The zero-order chi connectivity index (χ0) is 23.9. The molecule has 0 aromatic carbocycles. The number of aliphatic carboxylic acids is 1. The van der Waals surface area contributed by atoms with Gasteiger partial charge in [-0.3, -0.25) is 14.4 Å². The van der Waals surface area contributed by atoms with E-state index in [2.05, 4.69) is 5.32 Å². The normalized spacial score (nSPS) is 23.2. The van der Waals surface area contributed by atoms with E-state index in [1.165, 1.54) is 11.8 Å². The summed E-state index contributed by atoms with van der Waals surface area (Å²) in [6, 6.07) is 0.408. The predicted molar refractivity (Wildman–Crippen MR) is 109 cm³/mol. The van der Waals surface area contributed by atoms with E-state index in [1.807, 2.05) is 6.92 Å². The van der Waals surface area contributed by atoms with Crippen molar-refractivity contribution in [3.05, 3.63) is 39.5 Å². The zero-order valence-corrected chi connectivity index (χ0v) is 17.8. The Labute approximate surface area is 182 Å². The molecule has 0 unspecified atom stereocenters. The maximum Gasteiger partial charge on any atom is 0.352 e. The first-order chi connectivity index (χ1) is 15.0. The molecule has 2 amide bonds. The molecule has 1 aromatic heterocycles. The molecular formula is C20H26N4O8. The number of carbonyl (C=O) groups is 3. The van der Waals surface area contributed by atoms with Crippen LogP contribution in [0.15, 0.2) is 28.3 Å². The number of amides is 2. The highest BCUT2D eigenvalue weighted by Gasteiger charge is 2.59. The van der Waals surface area contributed by atoms with E-state index in [-0.39, 0.29) is 30.4 Å². The maximum absolute atomic E-state index is 12.4. The summed E-state index contributed by atoms with van der Waals surface area (Å²) < 4.78 is 0.347. The van der Waals surface area contributed by atoms with Crippen LogP contribution in [0, 0.1) is 11.8 Å². The van der Waals surface area contributed by atoms with E-state index in [0.29, 0.717) is 16.8 Å². The van der Waals surface area contributed by atoms with E-state index in [9.17, 15) is 39.7 Å². The van der Waals surface area contributed by atoms with Crippen molar-refractivity contribution in [2.45, 2.75) is 26.0 Å². The molecule has 2 aliphatic heterocycles. The van der Waals surface area contributed by atoms with Crippen LogP contribution in [0.2, 0.25) is 0 Å².